The average Bonchev–Trinajstić information content (AvgIpc) is 2.94. The summed E-state index contributed by atoms with van der Waals surface area (Å²) in [5.41, 5.74) is 6.91. The first-order valence-electron chi connectivity index (χ1n) is 7.46. The van der Waals surface area contributed by atoms with Gasteiger partial charge in [-0.25, -0.2) is 0 Å². The second-order valence-corrected chi connectivity index (χ2v) is 5.73. The zero-order valence-corrected chi connectivity index (χ0v) is 12.8. The van der Waals surface area contributed by atoms with E-state index in [2.05, 4.69) is 10.2 Å². The summed E-state index contributed by atoms with van der Waals surface area (Å²) in [7, 11) is 1.64. The third-order valence-electron chi connectivity index (χ3n) is 4.09. The molecule has 2 atom stereocenters. The van der Waals surface area contributed by atoms with Gasteiger partial charge in [0.25, 0.3) is 0 Å². The minimum atomic E-state index is 0.0474. The first-order chi connectivity index (χ1) is 10.1. The van der Waals surface area contributed by atoms with E-state index in [0.717, 1.165) is 30.8 Å². The zero-order chi connectivity index (χ0) is 15.2. The van der Waals surface area contributed by atoms with E-state index >= 15 is 0 Å². The summed E-state index contributed by atoms with van der Waals surface area (Å²) in [4.78, 5) is 14.2. The quantitative estimate of drug-likeness (QED) is 0.820. The molecule has 1 aromatic rings. The van der Waals surface area contributed by atoms with Crippen LogP contribution in [0.2, 0.25) is 0 Å². The monoisotopic (exact) mass is 291 g/mol. The predicted octanol–water partition coefficient (Wildman–Crippen LogP) is 0.981. The van der Waals surface area contributed by atoms with Crippen LogP contribution in [0.4, 0.5) is 0 Å². The number of carbonyl (C=O) groups excluding carboxylic acids is 1. The Bertz CT molecular complexity index is 476. The van der Waals surface area contributed by atoms with Crippen molar-refractivity contribution in [3.8, 4) is 5.75 Å². The van der Waals surface area contributed by atoms with Crippen LogP contribution in [0.15, 0.2) is 24.3 Å². The zero-order valence-electron chi connectivity index (χ0n) is 12.8. The first-order valence-corrected chi connectivity index (χ1v) is 7.46. The van der Waals surface area contributed by atoms with Gasteiger partial charge in [0.1, 0.15) is 5.75 Å². The lowest BCUT2D eigenvalue weighted by Gasteiger charge is -2.17. The first kappa shape index (κ1) is 15.8. The Hall–Kier alpha value is -1.59. The van der Waals surface area contributed by atoms with Gasteiger partial charge in [0, 0.05) is 24.7 Å². The fourth-order valence-corrected chi connectivity index (χ4v) is 2.74. The highest BCUT2D eigenvalue weighted by atomic mass is 16.5. The molecule has 0 aromatic heterocycles. The summed E-state index contributed by atoms with van der Waals surface area (Å²) in [6.07, 6.45) is 1.08. The number of hydrogen-bond acceptors (Lipinski definition) is 4. The van der Waals surface area contributed by atoms with Gasteiger partial charge in [-0.3, -0.25) is 9.69 Å². The molecule has 1 amide bonds. The Morgan fingerprint density at radius 3 is 2.95 bits per heavy atom. The lowest BCUT2D eigenvalue weighted by atomic mass is 10.0. The molecule has 1 fully saturated rings. The number of carbonyl (C=O) groups is 1. The Kier molecular flexibility index (Phi) is 5.59. The maximum Gasteiger partial charge on any atom is 0.234 e. The van der Waals surface area contributed by atoms with Gasteiger partial charge >= 0.3 is 0 Å². The molecule has 2 rings (SSSR count). The summed E-state index contributed by atoms with van der Waals surface area (Å²) in [6, 6.07) is 7.92. The third kappa shape index (κ3) is 4.44. The number of hydrogen-bond donors (Lipinski definition) is 2. The van der Waals surface area contributed by atoms with Gasteiger partial charge in [0.15, 0.2) is 0 Å². The Labute approximate surface area is 126 Å². The van der Waals surface area contributed by atoms with E-state index in [1.54, 1.807) is 7.11 Å². The Balaban J connectivity index is 1.78. The Morgan fingerprint density at radius 1 is 1.52 bits per heavy atom. The minimum absolute atomic E-state index is 0.0474. The fraction of sp³-hybridized carbons (Fsp3) is 0.562. The van der Waals surface area contributed by atoms with Gasteiger partial charge in [-0.15, -0.1) is 0 Å². The molecule has 116 valence electrons. The molecule has 0 radical (unpaired) electrons. The third-order valence-corrected chi connectivity index (χ3v) is 4.09. The van der Waals surface area contributed by atoms with Crippen molar-refractivity contribution in [1.29, 1.82) is 0 Å². The number of methoxy groups -OCH3 is 1. The van der Waals surface area contributed by atoms with Crippen molar-refractivity contribution in [2.45, 2.75) is 25.9 Å². The highest BCUT2D eigenvalue weighted by Gasteiger charge is 2.26. The van der Waals surface area contributed by atoms with Crippen molar-refractivity contribution < 1.29 is 9.53 Å². The van der Waals surface area contributed by atoms with Gasteiger partial charge in [-0.05, 0) is 31.9 Å². The van der Waals surface area contributed by atoms with E-state index in [1.165, 1.54) is 0 Å². The van der Waals surface area contributed by atoms with E-state index in [1.807, 2.05) is 31.2 Å². The van der Waals surface area contributed by atoms with E-state index < -0.39 is 0 Å². The average molecular weight is 291 g/mol. The number of amides is 1. The predicted molar refractivity (Wildman–Crippen MR) is 83.0 cm³/mol. The van der Waals surface area contributed by atoms with Crippen LogP contribution >= 0.6 is 0 Å². The molecule has 0 bridgehead atoms. The minimum Gasteiger partial charge on any atom is -0.496 e. The van der Waals surface area contributed by atoms with Gasteiger partial charge in [-0.2, -0.15) is 0 Å². The molecule has 1 aromatic carbocycles. The smallest absolute Gasteiger partial charge is 0.234 e. The van der Waals surface area contributed by atoms with Crippen LogP contribution in [-0.4, -0.2) is 43.6 Å². The number of benzene rings is 1. The van der Waals surface area contributed by atoms with Crippen LogP contribution in [0.1, 0.15) is 18.9 Å². The molecule has 1 aliphatic heterocycles. The van der Waals surface area contributed by atoms with Crippen LogP contribution < -0.4 is 15.8 Å². The van der Waals surface area contributed by atoms with Crippen LogP contribution in [0.25, 0.3) is 0 Å². The molecule has 5 heteroatoms. The summed E-state index contributed by atoms with van der Waals surface area (Å²) < 4.78 is 5.28. The Morgan fingerprint density at radius 2 is 2.29 bits per heavy atom. The van der Waals surface area contributed by atoms with E-state index in [4.69, 9.17) is 10.5 Å². The van der Waals surface area contributed by atoms with E-state index in [9.17, 15) is 4.79 Å². The van der Waals surface area contributed by atoms with Crippen LogP contribution in [0.3, 0.4) is 0 Å². The summed E-state index contributed by atoms with van der Waals surface area (Å²) in [6.45, 7) is 4.84. The van der Waals surface area contributed by atoms with Crippen LogP contribution in [0, 0.1) is 5.92 Å². The molecule has 21 heavy (non-hydrogen) atoms. The summed E-state index contributed by atoms with van der Waals surface area (Å²) in [5.74, 6) is 1.36. The molecule has 0 spiro atoms. The normalized spacial score (nSPS) is 20.2. The number of nitrogens with one attached hydrogen (secondary N) is 1. The fourth-order valence-electron chi connectivity index (χ4n) is 2.74. The van der Waals surface area contributed by atoms with Crippen molar-refractivity contribution in [2.24, 2.45) is 11.7 Å². The number of rotatable bonds is 6. The van der Waals surface area contributed by atoms with Crippen molar-refractivity contribution in [2.75, 3.05) is 26.7 Å². The van der Waals surface area contributed by atoms with Gasteiger partial charge < -0.3 is 15.8 Å². The molecular formula is C16H25N3O2. The SMILES string of the molecule is COc1ccccc1CNC(=O)CN1CCC(C(C)N)C1. The van der Waals surface area contributed by atoms with Crippen molar-refractivity contribution in [3.05, 3.63) is 29.8 Å². The largest absolute Gasteiger partial charge is 0.496 e. The van der Waals surface area contributed by atoms with Crippen molar-refractivity contribution >= 4 is 5.91 Å². The lowest BCUT2D eigenvalue weighted by molar-refractivity contribution is -0.122. The van der Waals surface area contributed by atoms with Crippen molar-refractivity contribution in [1.82, 2.24) is 10.2 Å². The number of nitrogens with two attached hydrogens (primary N) is 1. The molecule has 0 aliphatic carbocycles. The van der Waals surface area contributed by atoms with Gasteiger partial charge in [0.05, 0.1) is 13.7 Å². The number of ether oxygens (including phenoxy) is 1. The maximum atomic E-state index is 12.0. The molecule has 1 aliphatic rings. The number of para-hydroxylation sites is 1. The van der Waals surface area contributed by atoms with Crippen LogP contribution in [0.5, 0.6) is 5.75 Å². The molecule has 1 heterocycles. The second-order valence-electron chi connectivity index (χ2n) is 5.73. The molecule has 1 saturated heterocycles. The standard InChI is InChI=1S/C16H25N3O2/c1-12(17)14-7-8-19(10-14)11-16(20)18-9-13-5-3-4-6-15(13)21-2/h3-6,12,14H,7-11,17H2,1-2H3,(H,18,20). The second kappa shape index (κ2) is 7.43. The van der Waals surface area contributed by atoms with Crippen molar-refractivity contribution in [3.63, 3.8) is 0 Å². The van der Waals surface area contributed by atoms with Gasteiger partial charge in [0.2, 0.25) is 5.91 Å². The molecule has 5 nitrogen and oxygen atoms in total. The highest BCUT2D eigenvalue weighted by Crippen LogP contribution is 2.18. The topological polar surface area (TPSA) is 67.6 Å². The van der Waals surface area contributed by atoms with Crippen LogP contribution in [-0.2, 0) is 11.3 Å². The van der Waals surface area contributed by atoms with Gasteiger partial charge in [-0.1, -0.05) is 18.2 Å². The lowest BCUT2D eigenvalue weighted by Crippen LogP contribution is -2.37. The maximum absolute atomic E-state index is 12.0. The number of nitrogens with zero attached hydrogens (tertiary/aromatic N) is 1. The van der Waals surface area contributed by atoms with E-state index in [0.29, 0.717) is 19.0 Å². The molecule has 0 saturated carbocycles. The van der Waals surface area contributed by atoms with E-state index in [-0.39, 0.29) is 11.9 Å². The summed E-state index contributed by atoms with van der Waals surface area (Å²) in [5, 5.41) is 2.95. The molecule has 3 N–H and O–H groups in total. The summed E-state index contributed by atoms with van der Waals surface area (Å²) >= 11 is 0. The molecular weight excluding hydrogens is 266 g/mol. The molecule has 2 unspecified atom stereocenters. The number of likely N-dealkylation sites (tertiary alicyclic amines) is 1. The highest BCUT2D eigenvalue weighted by molar-refractivity contribution is 5.78.